The number of benzene rings is 1. The first-order valence-electron chi connectivity index (χ1n) is 7.74. The number of aromatic amines is 1. The van der Waals surface area contributed by atoms with Crippen molar-refractivity contribution in [1.29, 1.82) is 0 Å². The van der Waals surface area contributed by atoms with Gasteiger partial charge in [-0.2, -0.15) is 0 Å². The van der Waals surface area contributed by atoms with Gasteiger partial charge in [0.15, 0.2) is 0 Å². The molecular formula is C17H20N4O2. The third-order valence-corrected chi connectivity index (χ3v) is 4.39. The minimum absolute atomic E-state index is 0.0506. The van der Waals surface area contributed by atoms with Crippen molar-refractivity contribution in [3.05, 3.63) is 49.6 Å². The first-order chi connectivity index (χ1) is 10.8. The van der Waals surface area contributed by atoms with E-state index < -0.39 is 5.60 Å². The zero-order chi connectivity index (χ0) is 16.8. The van der Waals surface area contributed by atoms with E-state index in [4.69, 9.17) is 10.3 Å². The fourth-order valence-corrected chi connectivity index (χ4v) is 3.24. The second-order valence-corrected chi connectivity index (χ2v) is 6.80. The number of nitrogens with one attached hydrogen (secondary N) is 1. The zero-order valence-electron chi connectivity index (χ0n) is 13.8. The fraction of sp³-hybridized carbons (Fsp3) is 0.471. The Morgan fingerprint density at radius 1 is 1.48 bits per heavy atom. The number of fused-ring (bicyclic) bond motifs is 3. The minimum atomic E-state index is -0.538. The Morgan fingerprint density at radius 2 is 2.22 bits per heavy atom. The quantitative estimate of drug-likeness (QED) is 0.528. The largest absolute Gasteiger partial charge is 0.486 e. The molecule has 0 spiro atoms. The summed E-state index contributed by atoms with van der Waals surface area (Å²) >= 11 is 0. The first-order valence-corrected chi connectivity index (χ1v) is 7.74. The van der Waals surface area contributed by atoms with Crippen molar-refractivity contribution in [3.8, 4) is 5.75 Å². The van der Waals surface area contributed by atoms with Crippen LogP contribution in [0.3, 0.4) is 0 Å². The molecule has 120 valence electrons. The van der Waals surface area contributed by atoms with Crippen molar-refractivity contribution in [2.24, 2.45) is 5.11 Å². The molecule has 1 unspecified atom stereocenters. The van der Waals surface area contributed by atoms with Crippen molar-refractivity contribution in [2.75, 3.05) is 6.54 Å². The van der Waals surface area contributed by atoms with Gasteiger partial charge in [0.25, 0.3) is 5.56 Å². The van der Waals surface area contributed by atoms with Crippen LogP contribution in [0.15, 0.2) is 22.0 Å². The number of azide groups is 1. The van der Waals surface area contributed by atoms with E-state index in [1.165, 1.54) is 0 Å². The number of aryl methyl sites for hydroxylation is 1. The van der Waals surface area contributed by atoms with Crippen molar-refractivity contribution in [3.63, 3.8) is 0 Å². The first kappa shape index (κ1) is 15.4. The van der Waals surface area contributed by atoms with Gasteiger partial charge in [-0.05, 0) is 42.5 Å². The highest BCUT2D eigenvalue weighted by Crippen LogP contribution is 2.41. The van der Waals surface area contributed by atoms with Crippen molar-refractivity contribution in [1.82, 2.24) is 4.98 Å². The predicted molar refractivity (Wildman–Crippen MR) is 90.1 cm³/mol. The normalized spacial score (nSPS) is 19.5. The van der Waals surface area contributed by atoms with E-state index in [-0.39, 0.29) is 18.0 Å². The van der Waals surface area contributed by atoms with Gasteiger partial charge in [-0.1, -0.05) is 25.0 Å². The van der Waals surface area contributed by atoms with Crippen LogP contribution in [0.25, 0.3) is 21.3 Å². The summed E-state index contributed by atoms with van der Waals surface area (Å²) < 4.78 is 6.15. The SMILES string of the molecule is Cc1cc2c(c3cc(C(C)C)c(=O)[nH]c13)OC(C)(CN=[N+]=[N-])C2. The van der Waals surface area contributed by atoms with Crippen LogP contribution >= 0.6 is 0 Å². The third kappa shape index (κ3) is 2.55. The summed E-state index contributed by atoms with van der Waals surface area (Å²) in [5.41, 5.74) is 11.6. The summed E-state index contributed by atoms with van der Waals surface area (Å²) in [5.74, 6) is 0.926. The van der Waals surface area contributed by atoms with E-state index >= 15 is 0 Å². The lowest BCUT2D eigenvalue weighted by Gasteiger charge is -2.21. The summed E-state index contributed by atoms with van der Waals surface area (Å²) in [5, 5.41) is 4.59. The molecule has 1 aliphatic rings. The number of hydrogen-bond donors (Lipinski definition) is 1. The van der Waals surface area contributed by atoms with Crippen molar-refractivity contribution < 1.29 is 4.74 Å². The number of rotatable bonds is 3. The number of pyridine rings is 1. The Balaban J connectivity index is 2.22. The maximum Gasteiger partial charge on any atom is 0.251 e. The maximum atomic E-state index is 12.2. The second-order valence-electron chi connectivity index (χ2n) is 6.80. The Morgan fingerprint density at radius 3 is 2.87 bits per heavy atom. The van der Waals surface area contributed by atoms with Crippen LogP contribution in [0.5, 0.6) is 5.75 Å². The molecule has 6 heteroatoms. The van der Waals surface area contributed by atoms with E-state index in [1.807, 2.05) is 39.8 Å². The average Bonchev–Trinajstić information content (AvgIpc) is 2.81. The summed E-state index contributed by atoms with van der Waals surface area (Å²) in [6, 6.07) is 3.98. The molecule has 6 nitrogen and oxygen atoms in total. The van der Waals surface area contributed by atoms with Crippen LogP contribution < -0.4 is 10.3 Å². The van der Waals surface area contributed by atoms with Gasteiger partial charge >= 0.3 is 0 Å². The highest BCUT2D eigenvalue weighted by atomic mass is 16.5. The highest BCUT2D eigenvalue weighted by molar-refractivity contribution is 5.90. The van der Waals surface area contributed by atoms with Crippen molar-refractivity contribution >= 4 is 10.9 Å². The molecule has 0 amide bonds. The topological polar surface area (TPSA) is 90.9 Å². The molecule has 0 saturated heterocycles. The van der Waals surface area contributed by atoms with Gasteiger partial charge in [0.2, 0.25) is 0 Å². The van der Waals surface area contributed by atoms with Gasteiger partial charge in [-0.15, -0.1) is 0 Å². The predicted octanol–water partition coefficient (Wildman–Crippen LogP) is 3.96. The van der Waals surface area contributed by atoms with Crippen molar-refractivity contribution in [2.45, 2.75) is 45.6 Å². The Kier molecular flexibility index (Phi) is 3.57. The van der Waals surface area contributed by atoms with Gasteiger partial charge in [0, 0.05) is 22.3 Å². The molecule has 2 aromatic rings. The summed E-state index contributed by atoms with van der Waals surface area (Å²) in [4.78, 5) is 18.1. The van der Waals surface area contributed by atoms with Gasteiger partial charge in [-0.25, -0.2) is 0 Å². The van der Waals surface area contributed by atoms with Crippen LogP contribution in [0.2, 0.25) is 0 Å². The number of hydrogen-bond acceptors (Lipinski definition) is 3. The summed E-state index contributed by atoms with van der Waals surface area (Å²) in [6.07, 6.45) is 0.689. The Bertz CT molecular complexity index is 894. The lowest BCUT2D eigenvalue weighted by Crippen LogP contribution is -2.33. The highest BCUT2D eigenvalue weighted by Gasteiger charge is 2.36. The molecule has 0 bridgehead atoms. The van der Waals surface area contributed by atoms with Gasteiger partial charge in [0.1, 0.15) is 11.4 Å². The lowest BCUT2D eigenvalue weighted by atomic mass is 9.95. The second kappa shape index (κ2) is 5.32. The molecule has 1 aromatic heterocycles. The molecule has 0 saturated carbocycles. The van der Waals surface area contributed by atoms with Crippen LogP contribution in [0.4, 0.5) is 0 Å². The van der Waals surface area contributed by atoms with Gasteiger partial charge in [-0.3, -0.25) is 4.79 Å². The molecule has 2 heterocycles. The lowest BCUT2D eigenvalue weighted by molar-refractivity contribution is 0.127. The zero-order valence-corrected chi connectivity index (χ0v) is 13.8. The number of ether oxygens (including phenoxy) is 1. The van der Waals surface area contributed by atoms with Crippen LogP contribution in [-0.2, 0) is 6.42 Å². The van der Waals surface area contributed by atoms with Gasteiger partial charge in [0.05, 0.1) is 12.1 Å². The number of nitrogens with zero attached hydrogens (tertiary/aromatic N) is 3. The fourth-order valence-electron chi connectivity index (χ4n) is 3.24. The summed E-state index contributed by atoms with van der Waals surface area (Å²) in [6.45, 7) is 8.20. The Labute approximate surface area is 134 Å². The molecule has 0 fully saturated rings. The molecule has 1 N–H and O–H groups in total. The molecule has 1 aromatic carbocycles. The molecule has 23 heavy (non-hydrogen) atoms. The van der Waals surface area contributed by atoms with Crippen LogP contribution in [-0.4, -0.2) is 17.1 Å². The molecule has 1 atom stereocenters. The summed E-state index contributed by atoms with van der Waals surface area (Å²) in [7, 11) is 0. The molecule has 0 aliphatic carbocycles. The third-order valence-electron chi connectivity index (χ3n) is 4.39. The maximum absolute atomic E-state index is 12.2. The molecule has 1 aliphatic heterocycles. The Hall–Kier alpha value is -2.46. The number of H-pyrrole nitrogens is 1. The van der Waals surface area contributed by atoms with E-state index in [9.17, 15) is 4.79 Å². The number of aromatic nitrogens is 1. The van der Waals surface area contributed by atoms with Crippen LogP contribution in [0.1, 0.15) is 43.4 Å². The van der Waals surface area contributed by atoms with Crippen LogP contribution in [0, 0.1) is 6.92 Å². The van der Waals surface area contributed by atoms with E-state index in [1.54, 1.807) is 0 Å². The molecule has 3 rings (SSSR count). The minimum Gasteiger partial charge on any atom is -0.486 e. The average molecular weight is 312 g/mol. The monoisotopic (exact) mass is 312 g/mol. The van der Waals surface area contributed by atoms with E-state index in [2.05, 4.69) is 15.0 Å². The standard InChI is InChI=1S/C17H20N4O2/c1-9(2)12-6-13-14(20-16(12)22)10(3)5-11-7-17(4,8-19-21-18)23-15(11)13/h5-6,9H,7-8H2,1-4H3,(H,20,22). The van der Waals surface area contributed by atoms with Gasteiger partial charge < -0.3 is 9.72 Å². The smallest absolute Gasteiger partial charge is 0.251 e. The van der Waals surface area contributed by atoms with E-state index in [0.29, 0.717) is 6.42 Å². The molecule has 0 radical (unpaired) electrons. The molecular weight excluding hydrogens is 292 g/mol. The van der Waals surface area contributed by atoms with E-state index in [0.717, 1.165) is 33.3 Å².